The zero-order chi connectivity index (χ0) is 17.0. The molecule has 0 aliphatic carbocycles. The first kappa shape index (κ1) is 18.4. The second kappa shape index (κ2) is 7.11. The van der Waals surface area contributed by atoms with Crippen molar-refractivity contribution in [1.29, 1.82) is 0 Å². The molecule has 1 atom stereocenters. The smallest absolute Gasteiger partial charge is 0.383 e. The number of rotatable bonds is 6. The number of benzene rings is 1. The number of methoxy groups -OCH3 is 1. The van der Waals surface area contributed by atoms with E-state index in [1.165, 1.54) is 13.2 Å². The van der Waals surface area contributed by atoms with Gasteiger partial charge in [0.1, 0.15) is 6.04 Å². The number of amides is 1. The number of ether oxygens (including phenoxy) is 1. The zero-order valence-corrected chi connectivity index (χ0v) is 12.8. The highest BCUT2D eigenvalue weighted by atomic mass is 19.4. The van der Waals surface area contributed by atoms with Gasteiger partial charge in [-0.1, -0.05) is 32.0 Å². The van der Waals surface area contributed by atoms with Crippen LogP contribution in [0.25, 0.3) is 0 Å². The molecule has 0 bridgehead atoms. The van der Waals surface area contributed by atoms with Gasteiger partial charge in [-0.25, -0.2) is 0 Å². The van der Waals surface area contributed by atoms with Crippen molar-refractivity contribution in [2.24, 2.45) is 5.73 Å². The van der Waals surface area contributed by atoms with Crippen molar-refractivity contribution in [2.75, 3.05) is 20.3 Å². The Hall–Kier alpha value is -1.60. The highest BCUT2D eigenvalue weighted by molar-refractivity contribution is 5.81. The minimum atomic E-state index is -4.39. The maximum absolute atomic E-state index is 12.8. The molecule has 0 saturated carbocycles. The maximum atomic E-state index is 12.8. The summed E-state index contributed by atoms with van der Waals surface area (Å²) in [6.07, 6.45) is -4.39. The Labute approximate surface area is 127 Å². The summed E-state index contributed by atoms with van der Waals surface area (Å²) in [4.78, 5) is 11.7. The molecule has 0 aliphatic rings. The SMILES string of the molecule is COCC(N)C(=O)NCC(C)(C)c1cccc(C(F)(F)F)c1. The molecule has 0 aliphatic heterocycles. The average molecular weight is 318 g/mol. The summed E-state index contributed by atoms with van der Waals surface area (Å²) in [5.74, 6) is -0.401. The standard InChI is InChI=1S/C15H21F3N2O2/c1-14(2,9-20-13(21)12(19)8-22-3)10-5-4-6-11(7-10)15(16,17)18/h4-7,12H,8-9,19H2,1-3H3,(H,20,21). The molecule has 1 amide bonds. The van der Waals surface area contributed by atoms with E-state index in [2.05, 4.69) is 5.32 Å². The van der Waals surface area contributed by atoms with Crippen molar-refractivity contribution in [1.82, 2.24) is 5.32 Å². The number of hydrogen-bond donors (Lipinski definition) is 2. The molecular formula is C15H21F3N2O2. The summed E-state index contributed by atoms with van der Waals surface area (Å²) in [5.41, 5.74) is 4.71. The van der Waals surface area contributed by atoms with E-state index in [1.54, 1.807) is 19.9 Å². The molecule has 3 N–H and O–H groups in total. The molecule has 0 spiro atoms. The summed E-state index contributed by atoms with van der Waals surface area (Å²) in [6.45, 7) is 3.76. The van der Waals surface area contributed by atoms with Gasteiger partial charge < -0.3 is 15.8 Å². The van der Waals surface area contributed by atoms with Crippen LogP contribution in [-0.2, 0) is 21.1 Å². The molecule has 1 aromatic rings. The van der Waals surface area contributed by atoms with Crippen molar-refractivity contribution in [3.63, 3.8) is 0 Å². The summed E-state index contributed by atoms with van der Waals surface area (Å²) >= 11 is 0. The Morgan fingerprint density at radius 2 is 1.91 bits per heavy atom. The van der Waals surface area contributed by atoms with Crippen LogP contribution < -0.4 is 11.1 Å². The summed E-state index contributed by atoms with van der Waals surface area (Å²) in [7, 11) is 1.43. The molecule has 1 rings (SSSR count). The monoisotopic (exact) mass is 318 g/mol. The third-order valence-electron chi connectivity index (χ3n) is 3.36. The number of nitrogens with two attached hydrogens (primary N) is 1. The van der Waals surface area contributed by atoms with Gasteiger partial charge in [0.05, 0.1) is 12.2 Å². The number of nitrogens with one attached hydrogen (secondary N) is 1. The first-order valence-corrected chi connectivity index (χ1v) is 6.78. The van der Waals surface area contributed by atoms with Crippen LogP contribution in [0.5, 0.6) is 0 Å². The van der Waals surface area contributed by atoms with Gasteiger partial charge in [0.15, 0.2) is 0 Å². The number of hydrogen-bond acceptors (Lipinski definition) is 3. The third kappa shape index (κ3) is 4.99. The predicted octanol–water partition coefficient (Wildman–Crippen LogP) is 2.07. The van der Waals surface area contributed by atoms with E-state index in [-0.39, 0.29) is 13.2 Å². The normalized spacial score (nSPS) is 13.8. The largest absolute Gasteiger partial charge is 0.416 e. The van der Waals surface area contributed by atoms with Crippen LogP contribution in [0.4, 0.5) is 13.2 Å². The van der Waals surface area contributed by atoms with Crippen LogP contribution in [0.3, 0.4) is 0 Å². The quantitative estimate of drug-likeness (QED) is 0.844. The van der Waals surface area contributed by atoms with Gasteiger partial charge in [-0.2, -0.15) is 13.2 Å². The van der Waals surface area contributed by atoms with Crippen LogP contribution in [0, 0.1) is 0 Å². The lowest BCUT2D eigenvalue weighted by molar-refractivity contribution is -0.137. The van der Waals surface area contributed by atoms with Crippen molar-refractivity contribution in [2.45, 2.75) is 31.5 Å². The Balaban J connectivity index is 2.80. The van der Waals surface area contributed by atoms with Crippen LogP contribution in [-0.4, -0.2) is 32.2 Å². The number of carbonyl (C=O) groups is 1. The summed E-state index contributed by atoms with van der Waals surface area (Å²) < 4.78 is 43.1. The topological polar surface area (TPSA) is 64.3 Å². The maximum Gasteiger partial charge on any atom is 0.416 e. The van der Waals surface area contributed by atoms with Crippen LogP contribution in [0.1, 0.15) is 25.0 Å². The number of alkyl halides is 3. The molecule has 1 aromatic carbocycles. The molecule has 0 radical (unpaired) electrons. The molecule has 22 heavy (non-hydrogen) atoms. The number of carbonyl (C=O) groups excluding carboxylic acids is 1. The van der Waals surface area contributed by atoms with E-state index in [1.807, 2.05) is 0 Å². The highest BCUT2D eigenvalue weighted by Gasteiger charge is 2.32. The second-order valence-electron chi connectivity index (χ2n) is 5.74. The lowest BCUT2D eigenvalue weighted by atomic mass is 9.83. The summed E-state index contributed by atoms with van der Waals surface area (Å²) in [6, 6.07) is 4.28. The van der Waals surface area contributed by atoms with E-state index in [9.17, 15) is 18.0 Å². The lowest BCUT2D eigenvalue weighted by Crippen LogP contribution is -2.47. The van der Waals surface area contributed by atoms with E-state index < -0.39 is 29.1 Å². The van der Waals surface area contributed by atoms with Gasteiger partial charge in [-0.15, -0.1) is 0 Å². The lowest BCUT2D eigenvalue weighted by Gasteiger charge is -2.27. The second-order valence-corrected chi connectivity index (χ2v) is 5.74. The molecule has 0 aromatic heterocycles. The summed E-state index contributed by atoms with van der Waals surface area (Å²) in [5, 5.41) is 2.64. The van der Waals surface area contributed by atoms with E-state index in [0.29, 0.717) is 5.56 Å². The molecule has 7 heteroatoms. The highest BCUT2D eigenvalue weighted by Crippen LogP contribution is 2.32. The molecule has 1 unspecified atom stereocenters. The Bertz CT molecular complexity index is 516. The fourth-order valence-corrected chi connectivity index (χ4v) is 1.91. The molecule has 4 nitrogen and oxygen atoms in total. The Morgan fingerprint density at radius 3 is 2.45 bits per heavy atom. The molecular weight excluding hydrogens is 297 g/mol. The van der Waals surface area contributed by atoms with Crippen molar-refractivity contribution in [3.05, 3.63) is 35.4 Å². The third-order valence-corrected chi connectivity index (χ3v) is 3.36. The van der Waals surface area contributed by atoms with Gasteiger partial charge in [0, 0.05) is 19.1 Å². The minimum Gasteiger partial charge on any atom is -0.383 e. The molecule has 0 fully saturated rings. The Morgan fingerprint density at radius 1 is 1.32 bits per heavy atom. The fraction of sp³-hybridized carbons (Fsp3) is 0.533. The van der Waals surface area contributed by atoms with Gasteiger partial charge in [0.2, 0.25) is 5.91 Å². The van der Waals surface area contributed by atoms with Crippen LogP contribution in [0.2, 0.25) is 0 Å². The molecule has 0 heterocycles. The first-order valence-electron chi connectivity index (χ1n) is 6.78. The van der Waals surface area contributed by atoms with Crippen molar-refractivity contribution < 1.29 is 22.7 Å². The van der Waals surface area contributed by atoms with Crippen LogP contribution >= 0.6 is 0 Å². The Kier molecular flexibility index (Phi) is 5.96. The minimum absolute atomic E-state index is 0.0792. The van der Waals surface area contributed by atoms with Crippen molar-refractivity contribution in [3.8, 4) is 0 Å². The zero-order valence-electron chi connectivity index (χ0n) is 12.8. The fourth-order valence-electron chi connectivity index (χ4n) is 1.91. The average Bonchev–Trinajstić information content (AvgIpc) is 2.44. The van der Waals surface area contributed by atoms with Gasteiger partial charge >= 0.3 is 6.18 Å². The predicted molar refractivity (Wildman–Crippen MR) is 77.3 cm³/mol. The number of halogens is 3. The molecule has 124 valence electrons. The van der Waals surface area contributed by atoms with E-state index >= 15 is 0 Å². The van der Waals surface area contributed by atoms with Crippen LogP contribution in [0.15, 0.2) is 24.3 Å². The van der Waals surface area contributed by atoms with Gasteiger partial charge in [0.25, 0.3) is 0 Å². The van der Waals surface area contributed by atoms with Gasteiger partial charge in [-0.05, 0) is 11.6 Å². The van der Waals surface area contributed by atoms with Gasteiger partial charge in [-0.3, -0.25) is 4.79 Å². The van der Waals surface area contributed by atoms with E-state index in [0.717, 1.165) is 12.1 Å². The van der Waals surface area contributed by atoms with E-state index in [4.69, 9.17) is 10.5 Å². The molecule has 0 saturated heterocycles. The first-order chi connectivity index (χ1) is 10.1. The van der Waals surface area contributed by atoms with Crippen molar-refractivity contribution >= 4 is 5.91 Å².